The number of nitrogens with one attached hydrogen (secondary N) is 1. The first kappa shape index (κ1) is 30.2. The number of hydrogen-bond donors (Lipinski definition) is 1. The number of amidine groups is 1. The second kappa shape index (κ2) is 11.2. The second-order valence-corrected chi connectivity index (χ2v) is 14.2. The van der Waals surface area contributed by atoms with Crippen molar-refractivity contribution in [1.82, 2.24) is 5.32 Å². The van der Waals surface area contributed by atoms with Crippen molar-refractivity contribution in [3.63, 3.8) is 0 Å². The van der Waals surface area contributed by atoms with E-state index in [0.717, 1.165) is 35.5 Å². The molecule has 2 heterocycles. The van der Waals surface area contributed by atoms with Crippen molar-refractivity contribution in [3.8, 4) is 0 Å². The van der Waals surface area contributed by atoms with Crippen LogP contribution in [-0.2, 0) is 32.0 Å². The Balaban J connectivity index is 1.72. The third-order valence-corrected chi connectivity index (χ3v) is 9.61. The minimum absolute atomic E-state index is 0.000162. The van der Waals surface area contributed by atoms with Crippen LogP contribution in [0, 0.1) is 0 Å². The molecule has 8 nitrogen and oxygen atoms in total. The zero-order chi connectivity index (χ0) is 29.5. The van der Waals surface area contributed by atoms with E-state index in [2.05, 4.69) is 10.3 Å². The molecule has 0 saturated carbocycles. The van der Waals surface area contributed by atoms with Crippen LogP contribution >= 0.6 is 23.4 Å². The molecular formula is C26H27ClF3N3O5S2. The lowest BCUT2D eigenvalue weighted by molar-refractivity contribution is -0.137. The molecule has 14 heteroatoms. The molecule has 2 aromatic rings. The quantitative estimate of drug-likeness (QED) is 0.498. The fraction of sp³-hybridized carbons (Fsp3) is 0.423. The molecule has 4 rings (SSSR count). The maximum Gasteiger partial charge on any atom is 0.416 e. The number of hydrogen-bond acceptors (Lipinski definition) is 6. The Morgan fingerprint density at radius 1 is 1.15 bits per heavy atom. The van der Waals surface area contributed by atoms with Crippen LogP contribution in [0.1, 0.15) is 31.9 Å². The van der Waals surface area contributed by atoms with Crippen LogP contribution in [-0.4, -0.2) is 60.0 Å². The average Bonchev–Trinajstić information content (AvgIpc) is 3.28. The van der Waals surface area contributed by atoms with Crippen molar-refractivity contribution < 1.29 is 35.9 Å². The van der Waals surface area contributed by atoms with Gasteiger partial charge in [0.2, 0.25) is 0 Å². The number of aliphatic imine (C=N–C) groups is 1. The van der Waals surface area contributed by atoms with Crippen LogP contribution in [0.25, 0.3) is 0 Å². The molecule has 0 aliphatic carbocycles. The number of thioether (sulfide) groups is 1. The number of nitrogens with zero attached hydrogens (tertiary/aromatic N) is 2. The van der Waals surface area contributed by atoms with Gasteiger partial charge in [0, 0.05) is 11.7 Å². The van der Waals surface area contributed by atoms with Gasteiger partial charge < -0.3 is 15.0 Å². The summed E-state index contributed by atoms with van der Waals surface area (Å²) in [6, 6.07) is 9.60. The molecule has 3 atom stereocenters. The molecule has 2 aliphatic heterocycles. The number of anilines is 1. The minimum Gasteiger partial charge on any atom is -0.444 e. The molecular weight excluding hydrogens is 591 g/mol. The molecule has 0 bridgehead atoms. The molecule has 2 aliphatic rings. The van der Waals surface area contributed by atoms with E-state index in [9.17, 15) is 31.2 Å². The molecule has 40 heavy (non-hydrogen) atoms. The zero-order valence-electron chi connectivity index (χ0n) is 21.7. The number of ether oxygens (including phenoxy) is 1. The summed E-state index contributed by atoms with van der Waals surface area (Å²) in [6.07, 6.45) is -5.47. The SMILES string of the molecule is CC(C)(C)OC(=O)N[C@@H](Cc1ccccc1)C(=O)N=C1S[C@H]2CS(=O)(=O)C[C@@H]2N1c1cc(C(F)(F)F)ccc1Cl. The largest absolute Gasteiger partial charge is 0.444 e. The van der Waals surface area contributed by atoms with E-state index >= 15 is 0 Å². The van der Waals surface area contributed by atoms with Crippen molar-refractivity contribution >= 4 is 56.1 Å². The van der Waals surface area contributed by atoms with Gasteiger partial charge in [0.05, 0.1) is 33.8 Å². The smallest absolute Gasteiger partial charge is 0.416 e. The molecule has 2 amide bonds. The van der Waals surface area contributed by atoms with Gasteiger partial charge in [-0.05, 0) is 44.5 Å². The summed E-state index contributed by atoms with van der Waals surface area (Å²) in [5, 5.41) is 1.90. The average molecular weight is 618 g/mol. The van der Waals surface area contributed by atoms with E-state index in [4.69, 9.17) is 16.3 Å². The number of benzene rings is 2. The fourth-order valence-corrected chi connectivity index (χ4v) is 8.51. The standard InChI is InChI=1S/C26H27ClF3N3O5S2/c1-25(2,3)38-24(35)31-18(11-15-7-5-4-6-8-15)22(34)32-23-33(20-13-40(36,37)14-21(20)39-23)19-12-16(26(28,29)30)9-10-17(19)27/h4-10,12,18,20-21H,11,13-14H2,1-3H3,(H,31,35)/t18-,20-,21-/m0/s1. The first-order valence-corrected chi connectivity index (χ1v) is 15.3. The van der Waals surface area contributed by atoms with Crippen molar-refractivity contribution in [3.05, 3.63) is 64.7 Å². The topological polar surface area (TPSA) is 105 Å². The first-order valence-electron chi connectivity index (χ1n) is 12.2. The highest BCUT2D eigenvalue weighted by atomic mass is 35.5. The van der Waals surface area contributed by atoms with E-state index in [-0.39, 0.29) is 33.8 Å². The van der Waals surface area contributed by atoms with Gasteiger partial charge in [-0.15, -0.1) is 0 Å². The first-order chi connectivity index (χ1) is 18.5. The molecule has 0 unspecified atom stereocenters. The number of rotatable bonds is 5. The van der Waals surface area contributed by atoms with E-state index < -0.39 is 56.5 Å². The molecule has 2 aromatic carbocycles. The molecule has 1 N–H and O–H groups in total. The molecule has 0 aromatic heterocycles. The van der Waals surface area contributed by atoms with Gasteiger partial charge >= 0.3 is 12.3 Å². The number of alkyl carbamates (subject to hydrolysis) is 1. The summed E-state index contributed by atoms with van der Waals surface area (Å²) in [5.74, 6) is -1.35. The Morgan fingerprint density at radius 3 is 2.45 bits per heavy atom. The number of carbonyl (C=O) groups is 2. The van der Waals surface area contributed by atoms with Crippen LogP contribution in [0.2, 0.25) is 5.02 Å². The molecule has 2 saturated heterocycles. The van der Waals surface area contributed by atoms with Crippen LogP contribution in [0.5, 0.6) is 0 Å². The van der Waals surface area contributed by atoms with Crippen LogP contribution < -0.4 is 10.2 Å². The van der Waals surface area contributed by atoms with Crippen molar-refractivity contribution in [2.75, 3.05) is 16.4 Å². The summed E-state index contributed by atoms with van der Waals surface area (Å²) < 4.78 is 70.7. The van der Waals surface area contributed by atoms with Crippen molar-refractivity contribution in [1.29, 1.82) is 0 Å². The Labute approximate surface area is 239 Å². The fourth-order valence-electron chi connectivity index (χ4n) is 4.39. The van der Waals surface area contributed by atoms with Crippen molar-refractivity contribution in [2.24, 2.45) is 4.99 Å². The van der Waals surface area contributed by atoms with Crippen LogP contribution in [0.4, 0.5) is 23.7 Å². The van der Waals surface area contributed by atoms with Gasteiger partial charge in [-0.25, -0.2) is 13.2 Å². The van der Waals surface area contributed by atoms with E-state index in [1.165, 1.54) is 4.90 Å². The van der Waals surface area contributed by atoms with Gasteiger partial charge in [-0.3, -0.25) is 4.79 Å². The highest BCUT2D eigenvalue weighted by Gasteiger charge is 2.50. The monoisotopic (exact) mass is 617 g/mol. The van der Waals surface area contributed by atoms with Gasteiger partial charge in [-0.1, -0.05) is 53.7 Å². The van der Waals surface area contributed by atoms with Crippen LogP contribution in [0.3, 0.4) is 0 Å². The number of alkyl halides is 3. The molecule has 0 spiro atoms. The molecule has 2 fully saturated rings. The summed E-state index contributed by atoms with van der Waals surface area (Å²) >= 11 is 7.29. The predicted octanol–water partition coefficient (Wildman–Crippen LogP) is 5.10. The van der Waals surface area contributed by atoms with Gasteiger partial charge in [-0.2, -0.15) is 18.2 Å². The molecule has 216 valence electrons. The van der Waals surface area contributed by atoms with E-state index in [1.54, 1.807) is 51.1 Å². The highest BCUT2D eigenvalue weighted by Crippen LogP contribution is 2.44. The maximum atomic E-state index is 13.5. The Morgan fingerprint density at radius 2 is 1.82 bits per heavy atom. The Bertz CT molecular complexity index is 1430. The Kier molecular flexibility index (Phi) is 8.49. The predicted molar refractivity (Wildman–Crippen MR) is 148 cm³/mol. The number of carbonyl (C=O) groups excluding carboxylic acids is 2. The van der Waals surface area contributed by atoms with Gasteiger partial charge in [0.1, 0.15) is 11.6 Å². The second-order valence-electron chi connectivity index (χ2n) is 10.5. The van der Waals surface area contributed by atoms with Gasteiger partial charge in [0.25, 0.3) is 5.91 Å². The lowest BCUT2D eigenvalue weighted by Gasteiger charge is -2.27. The third kappa shape index (κ3) is 7.29. The maximum absolute atomic E-state index is 13.5. The summed E-state index contributed by atoms with van der Waals surface area (Å²) in [7, 11) is -3.48. The Hall–Kier alpha value is -2.77. The number of sulfone groups is 1. The third-order valence-electron chi connectivity index (χ3n) is 6.08. The summed E-state index contributed by atoms with van der Waals surface area (Å²) in [4.78, 5) is 31.6. The van der Waals surface area contributed by atoms with Crippen molar-refractivity contribution in [2.45, 2.75) is 56.3 Å². The van der Waals surface area contributed by atoms with Crippen LogP contribution in [0.15, 0.2) is 53.5 Å². The lowest BCUT2D eigenvalue weighted by atomic mass is 10.1. The van der Waals surface area contributed by atoms with E-state index in [1.807, 2.05) is 0 Å². The number of halogens is 4. The molecule has 0 radical (unpaired) electrons. The van der Waals surface area contributed by atoms with E-state index in [0.29, 0.717) is 0 Å². The summed E-state index contributed by atoms with van der Waals surface area (Å²) in [5.41, 5.74) is -1.21. The zero-order valence-corrected chi connectivity index (χ0v) is 24.1. The number of fused-ring (bicyclic) bond motifs is 1. The normalized spacial score (nSPS) is 22.2. The minimum atomic E-state index is -4.68. The van der Waals surface area contributed by atoms with Gasteiger partial charge in [0.15, 0.2) is 15.0 Å². The number of amides is 2. The summed E-state index contributed by atoms with van der Waals surface area (Å²) in [6.45, 7) is 5.00. The highest BCUT2D eigenvalue weighted by molar-refractivity contribution is 8.16. The lowest BCUT2D eigenvalue weighted by Crippen LogP contribution is -2.45.